The monoisotopic (exact) mass is 320 g/mol. The van der Waals surface area contributed by atoms with Crippen LogP contribution in [-0.2, 0) is 18.9 Å². The first kappa shape index (κ1) is 19.8. The van der Waals surface area contributed by atoms with Gasteiger partial charge in [-0.2, -0.15) is 0 Å². The van der Waals surface area contributed by atoms with Gasteiger partial charge in [0, 0.05) is 0 Å². The molecule has 132 valence electrons. The first-order valence-electron chi connectivity index (χ1n) is 8.06. The zero-order valence-corrected chi connectivity index (χ0v) is 14.7. The van der Waals surface area contributed by atoms with Crippen molar-refractivity contribution in [1.82, 2.24) is 0 Å². The highest BCUT2D eigenvalue weighted by Gasteiger charge is 2.36. The average Bonchev–Trinajstić information content (AvgIpc) is 2.93. The lowest BCUT2D eigenvalue weighted by molar-refractivity contribution is -0.151. The molecule has 2 N–H and O–H groups in total. The lowest BCUT2D eigenvalue weighted by Crippen LogP contribution is -2.30. The second-order valence-corrected chi connectivity index (χ2v) is 6.83. The van der Waals surface area contributed by atoms with E-state index < -0.39 is 17.7 Å². The molecule has 4 atom stereocenters. The number of aliphatic hydroxyl groups is 2. The molecule has 2 saturated heterocycles. The van der Waals surface area contributed by atoms with Crippen LogP contribution in [0.3, 0.4) is 0 Å². The van der Waals surface area contributed by atoms with Gasteiger partial charge in [-0.05, 0) is 41.0 Å². The first-order valence-corrected chi connectivity index (χ1v) is 8.06. The summed E-state index contributed by atoms with van der Waals surface area (Å²) in [5.41, 5.74) is 0. The average molecular weight is 320 g/mol. The van der Waals surface area contributed by atoms with E-state index in [0.717, 1.165) is 12.8 Å². The molecule has 0 saturated carbocycles. The summed E-state index contributed by atoms with van der Waals surface area (Å²) < 4.78 is 21.4. The van der Waals surface area contributed by atoms with Crippen molar-refractivity contribution in [2.45, 2.75) is 90.4 Å². The van der Waals surface area contributed by atoms with Crippen molar-refractivity contribution in [1.29, 1.82) is 0 Å². The standard InChI is InChI=1S/C9H18O3.C7H14O3/c1-4-5-7(10)8-6-11-9(2,3)12-8;1-5(8)6-4-9-7(2,3)10-6/h7-8,10H,4-6H2,1-3H3;5-6,8H,4H2,1-3H3. The Kier molecular flexibility index (Phi) is 7.23. The highest BCUT2D eigenvalue weighted by atomic mass is 16.8. The van der Waals surface area contributed by atoms with E-state index in [-0.39, 0.29) is 18.3 Å². The zero-order valence-electron chi connectivity index (χ0n) is 14.7. The summed E-state index contributed by atoms with van der Waals surface area (Å²) >= 11 is 0. The van der Waals surface area contributed by atoms with Crippen molar-refractivity contribution in [3.8, 4) is 0 Å². The molecule has 0 radical (unpaired) electrons. The minimum Gasteiger partial charge on any atom is -0.391 e. The van der Waals surface area contributed by atoms with Crippen molar-refractivity contribution in [3.05, 3.63) is 0 Å². The molecule has 2 rings (SSSR count). The predicted molar refractivity (Wildman–Crippen MR) is 82.4 cm³/mol. The Balaban J connectivity index is 0.000000224. The maximum absolute atomic E-state index is 9.58. The molecule has 2 aliphatic rings. The maximum Gasteiger partial charge on any atom is 0.163 e. The number of hydrogen-bond acceptors (Lipinski definition) is 6. The summed E-state index contributed by atoms with van der Waals surface area (Å²) in [5, 5.41) is 18.7. The zero-order chi connectivity index (χ0) is 17.0. The van der Waals surface area contributed by atoms with Gasteiger partial charge in [0.25, 0.3) is 0 Å². The van der Waals surface area contributed by atoms with E-state index in [1.165, 1.54) is 0 Å². The number of ether oxygens (including phenoxy) is 4. The third kappa shape index (κ3) is 6.48. The summed E-state index contributed by atoms with van der Waals surface area (Å²) in [4.78, 5) is 0. The largest absolute Gasteiger partial charge is 0.391 e. The number of aliphatic hydroxyl groups excluding tert-OH is 2. The molecule has 2 aliphatic heterocycles. The van der Waals surface area contributed by atoms with Crippen molar-refractivity contribution < 1.29 is 29.2 Å². The molecule has 0 aliphatic carbocycles. The van der Waals surface area contributed by atoms with Gasteiger partial charge < -0.3 is 29.2 Å². The fraction of sp³-hybridized carbons (Fsp3) is 1.00. The normalized spacial score (nSPS) is 32.2. The molecule has 0 bridgehead atoms. The Labute approximate surface area is 133 Å². The highest BCUT2D eigenvalue weighted by Crippen LogP contribution is 2.25. The molecule has 4 unspecified atom stereocenters. The smallest absolute Gasteiger partial charge is 0.163 e. The van der Waals surface area contributed by atoms with E-state index in [4.69, 9.17) is 24.1 Å². The number of rotatable bonds is 4. The lowest BCUT2D eigenvalue weighted by atomic mass is 10.1. The van der Waals surface area contributed by atoms with Gasteiger partial charge in [-0.25, -0.2) is 0 Å². The molecule has 0 aromatic carbocycles. The van der Waals surface area contributed by atoms with E-state index in [0.29, 0.717) is 13.2 Å². The van der Waals surface area contributed by atoms with Crippen LogP contribution in [0, 0.1) is 0 Å². The Hall–Kier alpha value is -0.240. The molecule has 0 aromatic rings. The van der Waals surface area contributed by atoms with E-state index in [2.05, 4.69) is 0 Å². The topological polar surface area (TPSA) is 77.4 Å². The molecule has 0 amide bonds. The van der Waals surface area contributed by atoms with Crippen LogP contribution in [0.2, 0.25) is 0 Å². The van der Waals surface area contributed by atoms with E-state index >= 15 is 0 Å². The number of hydrogen-bond donors (Lipinski definition) is 2. The van der Waals surface area contributed by atoms with Crippen molar-refractivity contribution in [2.75, 3.05) is 13.2 Å². The van der Waals surface area contributed by atoms with Crippen LogP contribution in [0.25, 0.3) is 0 Å². The van der Waals surface area contributed by atoms with Crippen LogP contribution in [0.4, 0.5) is 0 Å². The predicted octanol–water partition coefficient (Wildman–Crippen LogP) is 1.82. The van der Waals surface area contributed by atoms with Gasteiger partial charge in [0.05, 0.1) is 25.4 Å². The van der Waals surface area contributed by atoms with E-state index in [1.807, 2.05) is 34.6 Å². The van der Waals surface area contributed by atoms with Crippen molar-refractivity contribution in [2.24, 2.45) is 0 Å². The van der Waals surface area contributed by atoms with Crippen LogP contribution in [0.1, 0.15) is 54.4 Å². The van der Waals surface area contributed by atoms with Crippen LogP contribution in [0.5, 0.6) is 0 Å². The summed E-state index contributed by atoms with van der Waals surface area (Å²) in [5.74, 6) is -1.03. The van der Waals surface area contributed by atoms with Crippen LogP contribution in [0.15, 0.2) is 0 Å². The molecule has 0 spiro atoms. The van der Waals surface area contributed by atoms with Crippen LogP contribution >= 0.6 is 0 Å². The van der Waals surface area contributed by atoms with Gasteiger partial charge in [-0.1, -0.05) is 13.3 Å². The Bertz CT molecular complexity index is 329. The first-order chi connectivity index (χ1) is 10.1. The van der Waals surface area contributed by atoms with E-state index in [9.17, 15) is 5.11 Å². The van der Waals surface area contributed by atoms with Crippen LogP contribution < -0.4 is 0 Å². The molecular formula is C16H32O6. The van der Waals surface area contributed by atoms with Crippen LogP contribution in [-0.4, -0.2) is 59.4 Å². The molecular weight excluding hydrogens is 288 g/mol. The van der Waals surface area contributed by atoms with Gasteiger partial charge in [0.1, 0.15) is 12.2 Å². The Morgan fingerprint density at radius 3 is 1.68 bits per heavy atom. The Morgan fingerprint density at radius 2 is 1.41 bits per heavy atom. The van der Waals surface area contributed by atoms with Gasteiger partial charge in [-0.3, -0.25) is 0 Å². The minimum absolute atomic E-state index is 0.139. The molecule has 0 aromatic heterocycles. The van der Waals surface area contributed by atoms with Gasteiger partial charge in [0.15, 0.2) is 11.6 Å². The summed E-state index contributed by atoms with van der Waals surface area (Å²) in [6.45, 7) is 12.2. The van der Waals surface area contributed by atoms with Gasteiger partial charge in [0.2, 0.25) is 0 Å². The minimum atomic E-state index is -0.514. The quantitative estimate of drug-likeness (QED) is 0.823. The van der Waals surface area contributed by atoms with Crippen molar-refractivity contribution >= 4 is 0 Å². The van der Waals surface area contributed by atoms with Gasteiger partial charge in [-0.15, -0.1) is 0 Å². The highest BCUT2D eigenvalue weighted by molar-refractivity contribution is 4.77. The third-order valence-electron chi connectivity index (χ3n) is 3.61. The maximum atomic E-state index is 9.58. The Morgan fingerprint density at radius 1 is 0.955 bits per heavy atom. The fourth-order valence-corrected chi connectivity index (χ4v) is 2.34. The lowest BCUT2D eigenvalue weighted by Gasteiger charge is -2.19. The molecule has 22 heavy (non-hydrogen) atoms. The molecule has 2 fully saturated rings. The third-order valence-corrected chi connectivity index (χ3v) is 3.61. The second kappa shape index (κ2) is 8.04. The molecule has 2 heterocycles. The molecule has 6 nitrogen and oxygen atoms in total. The van der Waals surface area contributed by atoms with Gasteiger partial charge >= 0.3 is 0 Å². The van der Waals surface area contributed by atoms with E-state index in [1.54, 1.807) is 6.92 Å². The van der Waals surface area contributed by atoms with Crippen molar-refractivity contribution in [3.63, 3.8) is 0 Å². The molecule has 6 heteroatoms. The fourth-order valence-electron chi connectivity index (χ4n) is 2.34. The second-order valence-electron chi connectivity index (χ2n) is 6.83. The summed E-state index contributed by atoms with van der Waals surface area (Å²) in [6.07, 6.45) is 0.638. The SMILES string of the molecule is CC(O)C1COC(C)(C)O1.CCCC(O)C1COC(C)(C)O1. The summed E-state index contributed by atoms with van der Waals surface area (Å²) in [6, 6.07) is 0. The summed E-state index contributed by atoms with van der Waals surface area (Å²) in [7, 11) is 0.